The van der Waals surface area contributed by atoms with Crippen molar-refractivity contribution >= 4 is 34.7 Å². The van der Waals surface area contributed by atoms with Crippen LogP contribution in [0, 0.1) is 11.3 Å². The van der Waals surface area contributed by atoms with Crippen LogP contribution in [-0.2, 0) is 0 Å². The number of nitrogens with zero attached hydrogens (tertiary/aromatic N) is 3. The van der Waals surface area contributed by atoms with Crippen molar-refractivity contribution in [1.82, 2.24) is 9.97 Å². The largest absolute Gasteiger partial charge is 0.339 e. The third kappa shape index (κ3) is 2.84. The van der Waals surface area contributed by atoms with Gasteiger partial charge in [-0.25, -0.2) is 9.97 Å². The highest BCUT2D eigenvalue weighted by molar-refractivity contribution is 6.33. The van der Waals surface area contributed by atoms with Crippen molar-refractivity contribution in [3.05, 3.63) is 45.8 Å². The molecule has 0 bridgehead atoms. The predicted octanol–water partition coefficient (Wildman–Crippen LogP) is 4.28. The van der Waals surface area contributed by atoms with Crippen LogP contribution >= 0.6 is 23.2 Å². The SMILES string of the molecule is N#Cc1ccc(Nc2cc(Cl)nc(C3CC3)n2)c(Cl)c1. The molecule has 0 radical (unpaired) electrons. The average molecular weight is 305 g/mol. The fourth-order valence-electron chi connectivity index (χ4n) is 1.85. The Morgan fingerprint density at radius 2 is 2.00 bits per heavy atom. The second kappa shape index (κ2) is 5.28. The van der Waals surface area contributed by atoms with E-state index in [1.807, 2.05) is 6.07 Å². The van der Waals surface area contributed by atoms with Gasteiger partial charge in [-0.2, -0.15) is 5.26 Å². The Morgan fingerprint density at radius 3 is 2.65 bits per heavy atom. The maximum absolute atomic E-state index is 8.82. The van der Waals surface area contributed by atoms with Crippen LogP contribution in [-0.4, -0.2) is 9.97 Å². The smallest absolute Gasteiger partial charge is 0.135 e. The molecule has 0 unspecified atom stereocenters. The molecule has 20 heavy (non-hydrogen) atoms. The van der Waals surface area contributed by atoms with Gasteiger partial charge in [0, 0.05) is 12.0 Å². The summed E-state index contributed by atoms with van der Waals surface area (Å²) in [5, 5.41) is 12.8. The maximum Gasteiger partial charge on any atom is 0.135 e. The van der Waals surface area contributed by atoms with Gasteiger partial charge >= 0.3 is 0 Å². The summed E-state index contributed by atoms with van der Waals surface area (Å²) in [5.74, 6) is 1.80. The van der Waals surface area contributed by atoms with Gasteiger partial charge in [-0.1, -0.05) is 23.2 Å². The highest BCUT2D eigenvalue weighted by Crippen LogP contribution is 2.39. The monoisotopic (exact) mass is 304 g/mol. The highest BCUT2D eigenvalue weighted by Gasteiger charge is 2.27. The molecule has 0 amide bonds. The van der Waals surface area contributed by atoms with Crippen LogP contribution in [0.2, 0.25) is 10.2 Å². The number of benzene rings is 1. The normalized spacial score (nSPS) is 13.8. The minimum atomic E-state index is 0.411. The zero-order valence-electron chi connectivity index (χ0n) is 10.4. The van der Waals surface area contributed by atoms with Crippen molar-refractivity contribution in [3.8, 4) is 6.07 Å². The van der Waals surface area contributed by atoms with Gasteiger partial charge < -0.3 is 5.32 Å². The summed E-state index contributed by atoms with van der Waals surface area (Å²) in [6.45, 7) is 0. The van der Waals surface area contributed by atoms with Gasteiger partial charge in [0.25, 0.3) is 0 Å². The molecular formula is C14H10Cl2N4. The van der Waals surface area contributed by atoms with Gasteiger partial charge in [-0.05, 0) is 31.0 Å². The van der Waals surface area contributed by atoms with Crippen molar-refractivity contribution in [2.24, 2.45) is 0 Å². The zero-order chi connectivity index (χ0) is 14.1. The molecule has 0 aliphatic heterocycles. The van der Waals surface area contributed by atoms with Gasteiger partial charge in [0.2, 0.25) is 0 Å². The molecule has 0 spiro atoms. The van der Waals surface area contributed by atoms with E-state index in [0.717, 1.165) is 18.7 Å². The van der Waals surface area contributed by atoms with Crippen LogP contribution in [0.25, 0.3) is 0 Å². The molecule has 2 aromatic rings. The van der Waals surface area contributed by atoms with E-state index in [9.17, 15) is 0 Å². The standard InChI is InChI=1S/C14H10Cl2N4/c15-10-5-8(7-17)1-4-11(10)18-13-6-12(16)19-14(20-13)9-2-3-9/h1,4-6,9H,2-3H2,(H,18,19,20). The van der Waals surface area contributed by atoms with Crippen LogP contribution in [0.1, 0.15) is 30.1 Å². The lowest BCUT2D eigenvalue weighted by Gasteiger charge is -2.09. The number of anilines is 2. The molecule has 1 heterocycles. The Morgan fingerprint density at radius 1 is 1.20 bits per heavy atom. The molecule has 100 valence electrons. The number of halogens is 2. The van der Waals surface area contributed by atoms with Crippen molar-refractivity contribution < 1.29 is 0 Å². The summed E-state index contributed by atoms with van der Waals surface area (Å²) in [5.41, 5.74) is 1.20. The number of hydrogen-bond acceptors (Lipinski definition) is 4. The van der Waals surface area contributed by atoms with E-state index in [1.165, 1.54) is 0 Å². The summed E-state index contributed by atoms with van der Waals surface area (Å²) in [6.07, 6.45) is 2.22. The van der Waals surface area contributed by atoms with Crippen LogP contribution in [0.5, 0.6) is 0 Å². The number of rotatable bonds is 3. The van der Waals surface area contributed by atoms with E-state index >= 15 is 0 Å². The molecule has 1 N–H and O–H groups in total. The molecule has 0 atom stereocenters. The first kappa shape index (κ1) is 13.2. The Balaban J connectivity index is 1.89. The topological polar surface area (TPSA) is 61.6 Å². The van der Waals surface area contributed by atoms with E-state index in [2.05, 4.69) is 15.3 Å². The molecule has 1 aliphatic carbocycles. The molecule has 1 saturated carbocycles. The van der Waals surface area contributed by atoms with Crippen molar-refractivity contribution in [2.75, 3.05) is 5.32 Å². The lowest BCUT2D eigenvalue weighted by molar-refractivity contribution is 0.931. The summed E-state index contributed by atoms with van der Waals surface area (Å²) in [4.78, 5) is 8.67. The summed E-state index contributed by atoms with van der Waals surface area (Å²) in [7, 11) is 0. The predicted molar refractivity (Wildman–Crippen MR) is 78.5 cm³/mol. The van der Waals surface area contributed by atoms with Gasteiger partial charge in [0.1, 0.15) is 16.8 Å². The third-order valence-electron chi connectivity index (χ3n) is 3.02. The van der Waals surface area contributed by atoms with Crippen LogP contribution in [0.15, 0.2) is 24.3 Å². The van der Waals surface area contributed by atoms with Crippen molar-refractivity contribution in [2.45, 2.75) is 18.8 Å². The fourth-order valence-corrected chi connectivity index (χ4v) is 2.27. The Kier molecular flexibility index (Phi) is 3.47. The Bertz CT molecular complexity index is 705. The first-order valence-corrected chi connectivity index (χ1v) is 6.92. The van der Waals surface area contributed by atoms with E-state index in [-0.39, 0.29) is 0 Å². The summed E-state index contributed by atoms with van der Waals surface area (Å²) >= 11 is 12.1. The average Bonchev–Trinajstić information content (AvgIpc) is 3.25. The van der Waals surface area contributed by atoms with E-state index in [0.29, 0.717) is 33.2 Å². The molecule has 1 aliphatic rings. The Labute approximate surface area is 126 Å². The highest BCUT2D eigenvalue weighted by atomic mass is 35.5. The van der Waals surface area contributed by atoms with E-state index in [4.69, 9.17) is 28.5 Å². The van der Waals surface area contributed by atoms with Gasteiger partial charge in [0.05, 0.1) is 22.3 Å². The van der Waals surface area contributed by atoms with Gasteiger partial charge in [-0.15, -0.1) is 0 Å². The minimum absolute atomic E-state index is 0.411. The van der Waals surface area contributed by atoms with Crippen molar-refractivity contribution in [1.29, 1.82) is 5.26 Å². The second-order valence-corrected chi connectivity index (χ2v) is 5.43. The molecule has 3 rings (SSSR count). The third-order valence-corrected chi connectivity index (χ3v) is 3.52. The number of nitriles is 1. The lowest BCUT2D eigenvalue weighted by Crippen LogP contribution is -2.00. The quantitative estimate of drug-likeness (QED) is 0.860. The van der Waals surface area contributed by atoms with Crippen LogP contribution in [0.3, 0.4) is 0 Å². The zero-order valence-corrected chi connectivity index (χ0v) is 11.9. The van der Waals surface area contributed by atoms with Gasteiger partial charge in [-0.3, -0.25) is 0 Å². The maximum atomic E-state index is 8.82. The number of nitrogens with one attached hydrogen (secondary N) is 1. The van der Waals surface area contributed by atoms with E-state index in [1.54, 1.807) is 24.3 Å². The van der Waals surface area contributed by atoms with E-state index < -0.39 is 0 Å². The second-order valence-electron chi connectivity index (χ2n) is 4.64. The molecule has 4 nitrogen and oxygen atoms in total. The molecule has 0 saturated heterocycles. The minimum Gasteiger partial charge on any atom is -0.339 e. The molecular weight excluding hydrogens is 295 g/mol. The molecule has 6 heteroatoms. The Hall–Kier alpha value is -1.83. The molecule has 1 aromatic carbocycles. The molecule has 1 fully saturated rings. The van der Waals surface area contributed by atoms with Crippen LogP contribution in [0.4, 0.5) is 11.5 Å². The summed E-state index contributed by atoms with van der Waals surface area (Å²) in [6, 6.07) is 8.74. The van der Waals surface area contributed by atoms with Crippen LogP contribution < -0.4 is 5.32 Å². The van der Waals surface area contributed by atoms with Gasteiger partial charge in [0.15, 0.2) is 0 Å². The molecule has 1 aromatic heterocycles. The van der Waals surface area contributed by atoms with Crippen molar-refractivity contribution in [3.63, 3.8) is 0 Å². The lowest BCUT2D eigenvalue weighted by atomic mass is 10.2. The number of hydrogen-bond donors (Lipinski definition) is 1. The summed E-state index contributed by atoms with van der Waals surface area (Å²) < 4.78 is 0. The number of aromatic nitrogens is 2. The first-order valence-electron chi connectivity index (χ1n) is 6.17. The fraction of sp³-hybridized carbons (Fsp3) is 0.214. The first-order chi connectivity index (χ1) is 9.65.